The van der Waals surface area contributed by atoms with Crippen molar-refractivity contribution in [1.82, 2.24) is 19.6 Å². The Morgan fingerprint density at radius 3 is 2.87 bits per heavy atom. The summed E-state index contributed by atoms with van der Waals surface area (Å²) in [6.45, 7) is 9.82. The van der Waals surface area contributed by atoms with Crippen molar-refractivity contribution in [1.29, 1.82) is 0 Å². The maximum absolute atomic E-state index is 5.55. The van der Waals surface area contributed by atoms with Crippen LogP contribution in [0.3, 0.4) is 0 Å². The van der Waals surface area contributed by atoms with Crippen LogP contribution in [0, 0.1) is 0 Å². The van der Waals surface area contributed by atoms with Gasteiger partial charge in [-0.15, -0.1) is 10.2 Å². The summed E-state index contributed by atoms with van der Waals surface area (Å²) in [6, 6.07) is 12.3. The summed E-state index contributed by atoms with van der Waals surface area (Å²) in [7, 11) is 0. The van der Waals surface area contributed by atoms with E-state index in [1.54, 1.807) is 11.8 Å². The van der Waals surface area contributed by atoms with Gasteiger partial charge >= 0.3 is 0 Å². The molecule has 1 saturated heterocycles. The van der Waals surface area contributed by atoms with Gasteiger partial charge in [0.25, 0.3) is 0 Å². The number of benzene rings is 1. The Balaban J connectivity index is 1.44. The van der Waals surface area contributed by atoms with E-state index >= 15 is 0 Å². The van der Waals surface area contributed by atoms with E-state index in [2.05, 4.69) is 44.9 Å². The molecular weight excluding hydrogens is 410 g/mol. The molecule has 0 spiro atoms. The molecule has 5 rings (SSSR count). The Hall–Kier alpha value is -3.10. The average Bonchev–Trinajstić information content (AvgIpc) is 3.21. The van der Waals surface area contributed by atoms with E-state index < -0.39 is 0 Å². The molecule has 0 unspecified atom stereocenters. The van der Waals surface area contributed by atoms with Crippen LogP contribution in [0.2, 0.25) is 0 Å². The molecule has 4 aromatic rings. The van der Waals surface area contributed by atoms with Crippen LogP contribution in [0.25, 0.3) is 22.3 Å². The SMILES string of the molecule is C=C(OCC)c1ccc2nnc(Sc3ccc4ncc(N5CCOCC5)cc4c3)n2c1. The van der Waals surface area contributed by atoms with Gasteiger partial charge < -0.3 is 14.4 Å². The molecule has 0 amide bonds. The Morgan fingerprint density at radius 2 is 2.03 bits per heavy atom. The highest BCUT2D eigenvalue weighted by Gasteiger charge is 2.13. The first-order chi connectivity index (χ1) is 15.2. The maximum atomic E-state index is 5.55. The molecule has 1 aromatic carbocycles. The highest BCUT2D eigenvalue weighted by atomic mass is 32.2. The second-order valence-electron chi connectivity index (χ2n) is 7.23. The summed E-state index contributed by atoms with van der Waals surface area (Å²) < 4.78 is 13.0. The van der Waals surface area contributed by atoms with Crippen LogP contribution in [0.15, 0.2) is 65.4 Å². The summed E-state index contributed by atoms with van der Waals surface area (Å²) >= 11 is 1.57. The van der Waals surface area contributed by atoms with Crippen molar-refractivity contribution in [2.24, 2.45) is 0 Å². The molecule has 158 valence electrons. The van der Waals surface area contributed by atoms with E-state index in [4.69, 9.17) is 9.47 Å². The zero-order chi connectivity index (χ0) is 21.2. The minimum atomic E-state index is 0.582. The van der Waals surface area contributed by atoms with Gasteiger partial charge in [0.2, 0.25) is 0 Å². The molecule has 0 bridgehead atoms. The number of hydrogen-bond donors (Lipinski definition) is 0. The fraction of sp³-hybridized carbons (Fsp3) is 0.261. The van der Waals surface area contributed by atoms with E-state index in [1.807, 2.05) is 41.9 Å². The second kappa shape index (κ2) is 8.56. The number of nitrogens with zero attached hydrogens (tertiary/aromatic N) is 5. The van der Waals surface area contributed by atoms with Crippen LogP contribution < -0.4 is 4.90 Å². The topological polar surface area (TPSA) is 64.8 Å². The van der Waals surface area contributed by atoms with Crippen molar-refractivity contribution in [3.05, 3.63) is 60.9 Å². The number of anilines is 1. The molecule has 4 heterocycles. The van der Waals surface area contributed by atoms with E-state index in [0.717, 1.165) is 64.2 Å². The molecule has 0 saturated carbocycles. The minimum Gasteiger partial charge on any atom is -0.494 e. The average molecular weight is 434 g/mol. The molecular formula is C23H23N5O2S. The Labute approximate surface area is 184 Å². The third-order valence-electron chi connectivity index (χ3n) is 5.24. The van der Waals surface area contributed by atoms with Crippen LogP contribution in [0.1, 0.15) is 12.5 Å². The highest BCUT2D eigenvalue weighted by Crippen LogP contribution is 2.31. The molecule has 8 heteroatoms. The lowest BCUT2D eigenvalue weighted by Crippen LogP contribution is -2.36. The number of pyridine rings is 2. The minimum absolute atomic E-state index is 0.582. The van der Waals surface area contributed by atoms with Crippen LogP contribution >= 0.6 is 11.8 Å². The van der Waals surface area contributed by atoms with Gasteiger partial charge in [0.1, 0.15) is 5.76 Å². The number of ether oxygens (including phenoxy) is 2. The number of aromatic nitrogens is 4. The molecule has 1 aliphatic rings. The van der Waals surface area contributed by atoms with Gasteiger partial charge in [0.15, 0.2) is 10.8 Å². The van der Waals surface area contributed by atoms with Crippen LogP contribution in [0.5, 0.6) is 0 Å². The second-order valence-corrected chi connectivity index (χ2v) is 8.27. The fourth-order valence-electron chi connectivity index (χ4n) is 3.62. The van der Waals surface area contributed by atoms with Gasteiger partial charge in [-0.1, -0.05) is 6.58 Å². The molecule has 1 fully saturated rings. The molecule has 7 nitrogen and oxygen atoms in total. The summed E-state index contributed by atoms with van der Waals surface area (Å²) in [5.74, 6) is 0.640. The van der Waals surface area contributed by atoms with E-state index in [0.29, 0.717) is 12.4 Å². The predicted octanol–water partition coefficient (Wildman–Crippen LogP) is 4.27. The lowest BCUT2D eigenvalue weighted by Gasteiger charge is -2.28. The smallest absolute Gasteiger partial charge is 0.200 e. The number of rotatable bonds is 6. The van der Waals surface area contributed by atoms with Crippen molar-refractivity contribution in [2.45, 2.75) is 17.0 Å². The number of hydrogen-bond acceptors (Lipinski definition) is 7. The Morgan fingerprint density at radius 1 is 1.16 bits per heavy atom. The van der Waals surface area contributed by atoms with Gasteiger partial charge in [0, 0.05) is 35.1 Å². The lowest BCUT2D eigenvalue weighted by molar-refractivity contribution is 0.122. The van der Waals surface area contributed by atoms with Crippen molar-refractivity contribution in [2.75, 3.05) is 37.8 Å². The van der Waals surface area contributed by atoms with E-state index in [9.17, 15) is 0 Å². The van der Waals surface area contributed by atoms with Crippen molar-refractivity contribution in [3.8, 4) is 0 Å². The highest BCUT2D eigenvalue weighted by molar-refractivity contribution is 7.99. The third-order valence-corrected chi connectivity index (χ3v) is 6.19. The zero-order valence-electron chi connectivity index (χ0n) is 17.3. The monoisotopic (exact) mass is 433 g/mol. The first-order valence-electron chi connectivity index (χ1n) is 10.3. The molecule has 0 radical (unpaired) electrons. The maximum Gasteiger partial charge on any atom is 0.200 e. The molecule has 0 N–H and O–H groups in total. The van der Waals surface area contributed by atoms with Gasteiger partial charge in [-0.2, -0.15) is 0 Å². The van der Waals surface area contributed by atoms with Gasteiger partial charge in [-0.05, 0) is 55.1 Å². The van der Waals surface area contributed by atoms with E-state index in [-0.39, 0.29) is 0 Å². The standard InChI is InChI=1S/C23H23N5O2S/c1-3-30-16(2)17-4-7-22-25-26-23(28(22)15-17)31-20-5-6-21-18(13-20)12-19(14-24-21)27-8-10-29-11-9-27/h4-7,12-15H,2-3,8-11H2,1H3. The molecule has 0 aliphatic carbocycles. The van der Waals surface area contributed by atoms with Gasteiger partial charge in [-0.3, -0.25) is 9.38 Å². The van der Waals surface area contributed by atoms with Gasteiger partial charge in [-0.25, -0.2) is 0 Å². The lowest BCUT2D eigenvalue weighted by atomic mass is 10.2. The summed E-state index contributed by atoms with van der Waals surface area (Å²) in [6.07, 6.45) is 3.91. The molecule has 31 heavy (non-hydrogen) atoms. The summed E-state index contributed by atoms with van der Waals surface area (Å²) in [5, 5.41) is 10.6. The van der Waals surface area contributed by atoms with E-state index in [1.165, 1.54) is 0 Å². The Kier molecular flexibility index (Phi) is 5.48. The molecule has 1 aliphatic heterocycles. The normalized spacial score (nSPS) is 14.3. The van der Waals surface area contributed by atoms with Crippen LogP contribution in [-0.2, 0) is 9.47 Å². The molecule has 0 atom stereocenters. The largest absolute Gasteiger partial charge is 0.494 e. The van der Waals surface area contributed by atoms with Crippen molar-refractivity contribution < 1.29 is 9.47 Å². The quantitative estimate of drug-likeness (QED) is 0.421. The number of morpholine rings is 1. The van der Waals surface area contributed by atoms with Crippen LogP contribution in [0.4, 0.5) is 5.69 Å². The third kappa shape index (κ3) is 4.08. The van der Waals surface area contributed by atoms with Gasteiger partial charge in [0.05, 0.1) is 37.2 Å². The number of fused-ring (bicyclic) bond motifs is 2. The van der Waals surface area contributed by atoms with Crippen molar-refractivity contribution >= 4 is 39.8 Å². The van der Waals surface area contributed by atoms with Crippen LogP contribution in [-0.4, -0.2) is 52.5 Å². The zero-order valence-corrected chi connectivity index (χ0v) is 18.1. The fourth-order valence-corrected chi connectivity index (χ4v) is 4.48. The predicted molar refractivity (Wildman–Crippen MR) is 123 cm³/mol. The van der Waals surface area contributed by atoms with Crippen molar-refractivity contribution in [3.63, 3.8) is 0 Å². The first-order valence-corrected chi connectivity index (χ1v) is 11.1. The molecule has 3 aromatic heterocycles. The summed E-state index contributed by atoms with van der Waals surface area (Å²) in [5.41, 5.74) is 3.80. The Bertz CT molecular complexity index is 1250. The first kappa shape index (κ1) is 19.8. The summed E-state index contributed by atoms with van der Waals surface area (Å²) in [4.78, 5) is 8.04.